The largest absolute Gasteiger partial charge is 0.454 e. The molecule has 2 aromatic heterocycles. The lowest BCUT2D eigenvalue weighted by molar-refractivity contribution is 0.632. The van der Waals surface area contributed by atoms with E-state index < -0.39 is 0 Å². The third-order valence-corrected chi connectivity index (χ3v) is 3.56. The Morgan fingerprint density at radius 2 is 1.38 bits per heavy atom. The van der Waals surface area contributed by atoms with Crippen LogP contribution in [0, 0.1) is 0 Å². The van der Waals surface area contributed by atoms with Crippen LogP contribution in [0.25, 0.3) is 33.6 Å². The molecular formula is C19H13NO. The maximum Gasteiger partial charge on any atom is 0.161 e. The number of hydrogen-bond donors (Lipinski definition) is 0. The molecule has 2 heterocycles. The van der Waals surface area contributed by atoms with E-state index in [0.717, 1.165) is 33.6 Å². The molecule has 0 aliphatic carbocycles. The van der Waals surface area contributed by atoms with Gasteiger partial charge in [0.2, 0.25) is 0 Å². The van der Waals surface area contributed by atoms with E-state index in [-0.39, 0.29) is 0 Å². The second-order valence-electron chi connectivity index (χ2n) is 4.92. The van der Waals surface area contributed by atoms with Crippen molar-refractivity contribution in [1.29, 1.82) is 0 Å². The summed E-state index contributed by atoms with van der Waals surface area (Å²) in [6.07, 6.45) is 1.83. The first-order valence-electron chi connectivity index (χ1n) is 6.91. The summed E-state index contributed by atoms with van der Waals surface area (Å²) >= 11 is 0. The summed E-state index contributed by atoms with van der Waals surface area (Å²) < 4.78 is 6.08. The SMILES string of the molecule is c1ccc(-c2cc3nccc(-c4ccccc4)c3o2)cc1. The highest BCUT2D eigenvalue weighted by Gasteiger charge is 2.11. The molecule has 0 spiro atoms. The highest BCUT2D eigenvalue weighted by atomic mass is 16.3. The Morgan fingerprint density at radius 3 is 2.10 bits per heavy atom. The summed E-state index contributed by atoms with van der Waals surface area (Å²) in [6.45, 7) is 0. The van der Waals surface area contributed by atoms with E-state index in [9.17, 15) is 0 Å². The van der Waals surface area contributed by atoms with Crippen molar-refractivity contribution in [2.24, 2.45) is 0 Å². The van der Waals surface area contributed by atoms with Gasteiger partial charge in [0.15, 0.2) is 5.58 Å². The van der Waals surface area contributed by atoms with Crippen molar-refractivity contribution >= 4 is 11.1 Å². The molecule has 0 fully saturated rings. The fourth-order valence-corrected chi connectivity index (χ4v) is 2.53. The van der Waals surface area contributed by atoms with E-state index in [1.807, 2.05) is 66.9 Å². The zero-order chi connectivity index (χ0) is 14.1. The summed E-state index contributed by atoms with van der Waals surface area (Å²) in [5.41, 5.74) is 4.99. The van der Waals surface area contributed by atoms with Crippen LogP contribution >= 0.6 is 0 Å². The number of pyridine rings is 1. The van der Waals surface area contributed by atoms with Gasteiger partial charge in [-0.3, -0.25) is 4.98 Å². The molecule has 2 nitrogen and oxygen atoms in total. The van der Waals surface area contributed by atoms with Gasteiger partial charge in [0.05, 0.1) is 0 Å². The van der Waals surface area contributed by atoms with E-state index in [0.29, 0.717) is 0 Å². The van der Waals surface area contributed by atoms with Crippen LogP contribution in [0.5, 0.6) is 0 Å². The first-order valence-corrected chi connectivity index (χ1v) is 6.91. The number of rotatable bonds is 2. The first-order chi connectivity index (χ1) is 10.4. The lowest BCUT2D eigenvalue weighted by Crippen LogP contribution is -1.79. The number of benzene rings is 2. The topological polar surface area (TPSA) is 26.0 Å². The quantitative estimate of drug-likeness (QED) is 0.503. The van der Waals surface area contributed by atoms with Gasteiger partial charge in [-0.05, 0) is 11.6 Å². The molecule has 0 aliphatic rings. The number of fused-ring (bicyclic) bond motifs is 1. The number of aromatic nitrogens is 1. The Morgan fingerprint density at radius 1 is 0.714 bits per heavy atom. The van der Waals surface area contributed by atoms with Crippen LogP contribution in [0.1, 0.15) is 0 Å². The summed E-state index contributed by atoms with van der Waals surface area (Å²) in [5.74, 6) is 0.849. The van der Waals surface area contributed by atoms with Crippen LogP contribution in [0.3, 0.4) is 0 Å². The van der Waals surface area contributed by atoms with Gasteiger partial charge < -0.3 is 4.42 Å². The summed E-state index contributed by atoms with van der Waals surface area (Å²) in [4.78, 5) is 4.42. The normalized spacial score (nSPS) is 10.9. The van der Waals surface area contributed by atoms with Crippen LogP contribution in [-0.2, 0) is 0 Å². The number of hydrogen-bond acceptors (Lipinski definition) is 2. The van der Waals surface area contributed by atoms with Crippen LogP contribution < -0.4 is 0 Å². The van der Waals surface area contributed by atoms with Crippen LogP contribution in [0.4, 0.5) is 0 Å². The molecule has 0 atom stereocenters. The van der Waals surface area contributed by atoms with E-state index in [1.54, 1.807) is 0 Å². The maximum absolute atomic E-state index is 6.08. The van der Waals surface area contributed by atoms with E-state index >= 15 is 0 Å². The smallest absolute Gasteiger partial charge is 0.161 e. The summed E-state index contributed by atoms with van der Waals surface area (Å²) in [6, 6.07) is 24.3. The van der Waals surface area contributed by atoms with Crippen molar-refractivity contribution in [3.05, 3.63) is 79.0 Å². The molecule has 2 aromatic carbocycles. The molecule has 21 heavy (non-hydrogen) atoms. The monoisotopic (exact) mass is 271 g/mol. The van der Waals surface area contributed by atoms with Gasteiger partial charge in [-0.25, -0.2) is 0 Å². The molecule has 0 aliphatic heterocycles. The zero-order valence-electron chi connectivity index (χ0n) is 11.4. The van der Waals surface area contributed by atoms with Gasteiger partial charge in [0.1, 0.15) is 11.3 Å². The summed E-state index contributed by atoms with van der Waals surface area (Å²) in [5, 5.41) is 0. The Bertz CT molecular complexity index is 879. The van der Waals surface area contributed by atoms with Crippen molar-refractivity contribution in [2.45, 2.75) is 0 Å². The second-order valence-corrected chi connectivity index (χ2v) is 4.92. The highest BCUT2D eigenvalue weighted by molar-refractivity contribution is 5.92. The van der Waals surface area contributed by atoms with E-state index in [1.165, 1.54) is 0 Å². The van der Waals surface area contributed by atoms with Crippen molar-refractivity contribution in [2.75, 3.05) is 0 Å². The Hall–Kier alpha value is -2.87. The molecule has 0 bridgehead atoms. The average Bonchev–Trinajstić information content (AvgIpc) is 3.00. The second kappa shape index (κ2) is 4.91. The predicted molar refractivity (Wildman–Crippen MR) is 84.9 cm³/mol. The highest BCUT2D eigenvalue weighted by Crippen LogP contribution is 2.33. The average molecular weight is 271 g/mol. The third kappa shape index (κ3) is 2.11. The van der Waals surface area contributed by atoms with Crippen LogP contribution in [0.2, 0.25) is 0 Å². The van der Waals surface area contributed by atoms with Crippen molar-refractivity contribution in [3.8, 4) is 22.5 Å². The molecule has 2 heteroatoms. The Kier molecular flexibility index (Phi) is 2.79. The lowest BCUT2D eigenvalue weighted by Gasteiger charge is -2.01. The van der Waals surface area contributed by atoms with Crippen LogP contribution in [0.15, 0.2) is 83.4 Å². The Balaban J connectivity index is 1.93. The van der Waals surface area contributed by atoms with Gasteiger partial charge in [0, 0.05) is 23.4 Å². The lowest BCUT2D eigenvalue weighted by atomic mass is 10.1. The molecule has 0 unspecified atom stereocenters. The molecule has 0 saturated heterocycles. The van der Waals surface area contributed by atoms with E-state index in [2.05, 4.69) is 17.1 Å². The minimum atomic E-state index is 0.836. The maximum atomic E-state index is 6.08. The molecule has 0 N–H and O–H groups in total. The fraction of sp³-hybridized carbons (Fsp3) is 0. The zero-order valence-corrected chi connectivity index (χ0v) is 11.4. The van der Waals surface area contributed by atoms with E-state index in [4.69, 9.17) is 4.42 Å². The molecular weight excluding hydrogens is 258 g/mol. The predicted octanol–water partition coefficient (Wildman–Crippen LogP) is 5.16. The summed E-state index contributed by atoms with van der Waals surface area (Å²) in [7, 11) is 0. The van der Waals surface area contributed by atoms with Gasteiger partial charge in [0.25, 0.3) is 0 Å². The van der Waals surface area contributed by atoms with Crippen LogP contribution in [-0.4, -0.2) is 4.98 Å². The van der Waals surface area contributed by atoms with Crippen molar-refractivity contribution in [1.82, 2.24) is 4.98 Å². The minimum Gasteiger partial charge on any atom is -0.454 e. The molecule has 4 aromatic rings. The molecule has 4 rings (SSSR count). The van der Waals surface area contributed by atoms with Gasteiger partial charge in [-0.2, -0.15) is 0 Å². The Labute approximate surface area is 122 Å². The van der Waals surface area contributed by atoms with Crippen molar-refractivity contribution < 1.29 is 4.42 Å². The van der Waals surface area contributed by atoms with Gasteiger partial charge in [-0.1, -0.05) is 60.7 Å². The fourth-order valence-electron chi connectivity index (χ4n) is 2.53. The number of furan rings is 1. The first kappa shape index (κ1) is 11.9. The third-order valence-electron chi connectivity index (χ3n) is 3.56. The minimum absolute atomic E-state index is 0.836. The van der Waals surface area contributed by atoms with Crippen molar-refractivity contribution in [3.63, 3.8) is 0 Å². The number of nitrogens with zero attached hydrogens (tertiary/aromatic N) is 1. The molecule has 100 valence electrons. The molecule has 0 amide bonds. The van der Waals surface area contributed by atoms with Gasteiger partial charge in [-0.15, -0.1) is 0 Å². The molecule has 0 saturated carbocycles. The standard InChI is InChI=1S/C19H13NO/c1-3-7-14(8-4-1)16-11-12-20-17-13-18(21-19(16)17)15-9-5-2-6-10-15/h1-13H. The molecule has 0 radical (unpaired) electrons. The van der Waals surface area contributed by atoms with Gasteiger partial charge >= 0.3 is 0 Å².